The highest BCUT2D eigenvalue weighted by molar-refractivity contribution is 6.32. The maximum absolute atomic E-state index is 11.9. The molecule has 0 spiro atoms. The molecule has 0 radical (unpaired) electrons. The molecule has 0 saturated heterocycles. The lowest BCUT2D eigenvalue weighted by atomic mass is 9.99. The smallest absolute Gasteiger partial charge is 0.248 e. The Labute approximate surface area is 136 Å². The second-order valence-corrected chi connectivity index (χ2v) is 5.68. The topological polar surface area (TPSA) is 29.1 Å². The Morgan fingerprint density at radius 2 is 1.86 bits per heavy atom. The van der Waals surface area contributed by atoms with E-state index in [1.807, 2.05) is 30.3 Å². The quantitative estimate of drug-likeness (QED) is 0.725. The zero-order chi connectivity index (χ0) is 15.9. The van der Waals surface area contributed by atoms with Crippen LogP contribution in [-0.4, -0.2) is 5.91 Å². The maximum atomic E-state index is 11.9. The van der Waals surface area contributed by atoms with Crippen LogP contribution >= 0.6 is 11.6 Å². The molecule has 0 aliphatic carbocycles. The van der Waals surface area contributed by atoms with Gasteiger partial charge in [-0.3, -0.25) is 4.79 Å². The van der Waals surface area contributed by atoms with Gasteiger partial charge in [0.25, 0.3) is 0 Å². The maximum Gasteiger partial charge on any atom is 0.248 e. The summed E-state index contributed by atoms with van der Waals surface area (Å²) < 4.78 is 0. The molecule has 0 aliphatic heterocycles. The van der Waals surface area contributed by atoms with Crippen LogP contribution in [0.4, 0.5) is 5.69 Å². The van der Waals surface area contributed by atoms with Gasteiger partial charge >= 0.3 is 0 Å². The second kappa shape index (κ2) is 7.81. The fourth-order valence-electron chi connectivity index (χ4n) is 2.09. The van der Waals surface area contributed by atoms with Gasteiger partial charge in [0, 0.05) is 16.8 Å². The Balaban J connectivity index is 1.99. The van der Waals surface area contributed by atoms with Crippen LogP contribution in [0, 0.1) is 0 Å². The van der Waals surface area contributed by atoms with Gasteiger partial charge in [-0.1, -0.05) is 55.8 Å². The molecule has 0 saturated carbocycles. The van der Waals surface area contributed by atoms with Crippen molar-refractivity contribution < 1.29 is 4.79 Å². The highest BCUT2D eigenvalue weighted by Gasteiger charge is 2.03. The van der Waals surface area contributed by atoms with Crippen molar-refractivity contribution >= 4 is 29.3 Å². The number of benzene rings is 2. The third-order valence-electron chi connectivity index (χ3n) is 3.68. The number of anilines is 1. The molecule has 2 nitrogen and oxygen atoms in total. The molecule has 1 atom stereocenters. The van der Waals surface area contributed by atoms with Crippen LogP contribution in [-0.2, 0) is 4.79 Å². The average molecular weight is 314 g/mol. The minimum Gasteiger partial charge on any atom is -0.323 e. The zero-order valence-electron chi connectivity index (χ0n) is 12.8. The van der Waals surface area contributed by atoms with E-state index in [2.05, 4.69) is 31.3 Å². The number of carbonyl (C=O) groups is 1. The summed E-state index contributed by atoms with van der Waals surface area (Å²) in [6, 6.07) is 15.4. The largest absolute Gasteiger partial charge is 0.323 e. The van der Waals surface area contributed by atoms with E-state index in [9.17, 15) is 4.79 Å². The number of halogens is 1. The predicted molar refractivity (Wildman–Crippen MR) is 94.3 cm³/mol. The van der Waals surface area contributed by atoms with Crippen molar-refractivity contribution in [2.24, 2.45) is 0 Å². The lowest BCUT2D eigenvalue weighted by Crippen LogP contribution is -2.07. The predicted octanol–water partition coefficient (Wildman–Crippen LogP) is 5.51. The van der Waals surface area contributed by atoms with Crippen LogP contribution in [0.3, 0.4) is 0 Å². The van der Waals surface area contributed by atoms with Crippen LogP contribution in [0.15, 0.2) is 54.6 Å². The number of rotatable bonds is 5. The van der Waals surface area contributed by atoms with E-state index in [0.717, 1.165) is 17.7 Å². The van der Waals surface area contributed by atoms with Gasteiger partial charge in [0.2, 0.25) is 5.91 Å². The Bertz CT molecular complexity index is 661. The first-order valence-corrected chi connectivity index (χ1v) is 7.81. The fraction of sp³-hybridized carbons (Fsp3) is 0.211. The molecule has 2 aromatic rings. The van der Waals surface area contributed by atoms with Gasteiger partial charge in [-0.15, -0.1) is 0 Å². The van der Waals surface area contributed by atoms with Crippen LogP contribution in [0.5, 0.6) is 0 Å². The molecule has 2 aromatic carbocycles. The number of carbonyl (C=O) groups excluding carboxylic acids is 1. The third kappa shape index (κ3) is 4.47. The Hall–Kier alpha value is -2.06. The van der Waals surface area contributed by atoms with Crippen molar-refractivity contribution in [1.29, 1.82) is 0 Å². The van der Waals surface area contributed by atoms with E-state index >= 15 is 0 Å². The summed E-state index contributed by atoms with van der Waals surface area (Å²) in [5.41, 5.74) is 2.90. The first-order valence-electron chi connectivity index (χ1n) is 7.43. The molecule has 1 amide bonds. The summed E-state index contributed by atoms with van der Waals surface area (Å²) in [7, 11) is 0. The van der Waals surface area contributed by atoms with Crippen LogP contribution < -0.4 is 5.32 Å². The first-order chi connectivity index (χ1) is 10.6. The lowest BCUT2D eigenvalue weighted by molar-refractivity contribution is -0.111. The highest BCUT2D eigenvalue weighted by Crippen LogP contribution is 2.20. The van der Waals surface area contributed by atoms with Crippen LogP contribution in [0.1, 0.15) is 37.3 Å². The van der Waals surface area contributed by atoms with Gasteiger partial charge in [-0.25, -0.2) is 0 Å². The molecule has 3 heteroatoms. The van der Waals surface area contributed by atoms with E-state index in [4.69, 9.17) is 11.6 Å². The SMILES string of the molecule is CC[C@@H](C)c1ccc(NC(=O)/C=C/c2ccccc2Cl)cc1. The van der Waals surface area contributed by atoms with Crippen molar-refractivity contribution in [2.45, 2.75) is 26.2 Å². The summed E-state index contributed by atoms with van der Waals surface area (Å²) in [5, 5.41) is 3.48. The Morgan fingerprint density at radius 3 is 2.50 bits per heavy atom. The lowest BCUT2D eigenvalue weighted by Gasteiger charge is -2.09. The van der Waals surface area contributed by atoms with E-state index in [0.29, 0.717) is 10.9 Å². The number of amides is 1. The summed E-state index contributed by atoms with van der Waals surface area (Å²) in [4.78, 5) is 11.9. The molecule has 1 N–H and O–H groups in total. The zero-order valence-corrected chi connectivity index (χ0v) is 13.6. The molecule has 0 fully saturated rings. The third-order valence-corrected chi connectivity index (χ3v) is 4.02. The summed E-state index contributed by atoms with van der Waals surface area (Å²) >= 11 is 6.05. The van der Waals surface area contributed by atoms with Crippen molar-refractivity contribution in [3.8, 4) is 0 Å². The molecule has 0 unspecified atom stereocenters. The van der Waals surface area contributed by atoms with E-state index < -0.39 is 0 Å². The molecular formula is C19H20ClNO. The Kier molecular flexibility index (Phi) is 5.79. The van der Waals surface area contributed by atoms with Gasteiger partial charge < -0.3 is 5.32 Å². The van der Waals surface area contributed by atoms with Gasteiger partial charge in [0.05, 0.1) is 0 Å². The monoisotopic (exact) mass is 313 g/mol. The molecule has 0 heterocycles. The van der Waals surface area contributed by atoms with Gasteiger partial charge in [-0.2, -0.15) is 0 Å². The van der Waals surface area contributed by atoms with Crippen molar-refractivity contribution in [3.63, 3.8) is 0 Å². The van der Waals surface area contributed by atoms with Crippen molar-refractivity contribution in [1.82, 2.24) is 0 Å². The molecular weight excluding hydrogens is 294 g/mol. The molecule has 0 aliphatic rings. The molecule has 114 valence electrons. The summed E-state index contributed by atoms with van der Waals surface area (Å²) in [6.45, 7) is 4.36. The number of hydrogen-bond acceptors (Lipinski definition) is 1. The minimum absolute atomic E-state index is 0.170. The van der Waals surface area contributed by atoms with Crippen LogP contribution in [0.2, 0.25) is 5.02 Å². The molecule has 0 aromatic heterocycles. The highest BCUT2D eigenvalue weighted by atomic mass is 35.5. The summed E-state index contributed by atoms with van der Waals surface area (Å²) in [5.74, 6) is 0.362. The Morgan fingerprint density at radius 1 is 1.18 bits per heavy atom. The molecule has 2 rings (SSSR count). The van der Waals surface area contributed by atoms with E-state index in [1.165, 1.54) is 11.6 Å². The summed E-state index contributed by atoms with van der Waals surface area (Å²) in [6.07, 6.45) is 4.31. The van der Waals surface area contributed by atoms with Gasteiger partial charge in [0.1, 0.15) is 0 Å². The molecule has 22 heavy (non-hydrogen) atoms. The van der Waals surface area contributed by atoms with Crippen LogP contribution in [0.25, 0.3) is 6.08 Å². The van der Waals surface area contributed by atoms with Crippen molar-refractivity contribution in [3.05, 3.63) is 70.8 Å². The second-order valence-electron chi connectivity index (χ2n) is 5.28. The van der Waals surface area contributed by atoms with Gasteiger partial charge in [0.15, 0.2) is 0 Å². The first kappa shape index (κ1) is 16.3. The van der Waals surface area contributed by atoms with E-state index in [1.54, 1.807) is 12.1 Å². The van der Waals surface area contributed by atoms with E-state index in [-0.39, 0.29) is 5.91 Å². The standard InChI is InChI=1S/C19H20ClNO/c1-3-14(2)15-8-11-17(12-9-15)21-19(22)13-10-16-6-4-5-7-18(16)20/h4-14H,3H2,1-2H3,(H,21,22)/b13-10+/t14-/m1/s1. The van der Waals surface area contributed by atoms with Gasteiger partial charge in [-0.05, 0) is 47.7 Å². The minimum atomic E-state index is -0.170. The van der Waals surface area contributed by atoms with Crippen molar-refractivity contribution in [2.75, 3.05) is 5.32 Å². The number of nitrogens with one attached hydrogen (secondary N) is 1. The number of hydrogen-bond donors (Lipinski definition) is 1. The molecule has 0 bridgehead atoms. The average Bonchev–Trinajstić information content (AvgIpc) is 2.54. The fourth-order valence-corrected chi connectivity index (χ4v) is 2.29. The normalized spacial score (nSPS) is 12.3.